The molecule has 2 heterocycles. The summed E-state index contributed by atoms with van der Waals surface area (Å²) in [5.41, 5.74) is 0. The van der Waals surface area contributed by atoms with Gasteiger partial charge in [0.05, 0.1) is 6.61 Å². The quantitative estimate of drug-likeness (QED) is 0.521. The number of cyclic esters (lactones) is 3. The SMILES string of the molecule is CC1COC(=O)O1.O=C1COCCO1. The lowest BCUT2D eigenvalue weighted by Crippen LogP contribution is -2.22. The first-order chi connectivity index (χ1) is 6.68. The molecule has 0 aromatic rings. The summed E-state index contributed by atoms with van der Waals surface area (Å²) in [6, 6.07) is 0. The maximum atomic E-state index is 10.1. The number of carbonyl (C=O) groups excluding carboxylic acids is 2. The summed E-state index contributed by atoms with van der Waals surface area (Å²) in [7, 11) is 0. The first-order valence-corrected chi connectivity index (χ1v) is 4.25. The zero-order valence-corrected chi connectivity index (χ0v) is 7.86. The first kappa shape index (κ1) is 10.8. The largest absolute Gasteiger partial charge is 0.508 e. The van der Waals surface area contributed by atoms with Crippen molar-refractivity contribution < 1.29 is 28.5 Å². The van der Waals surface area contributed by atoms with Crippen LogP contribution in [0.3, 0.4) is 0 Å². The summed E-state index contributed by atoms with van der Waals surface area (Å²) in [5.74, 6) is -0.258. The van der Waals surface area contributed by atoms with Crippen LogP contribution in [-0.2, 0) is 23.7 Å². The summed E-state index contributed by atoms with van der Waals surface area (Å²) in [6.07, 6.45) is -0.597. The lowest BCUT2D eigenvalue weighted by molar-refractivity contribution is -0.159. The van der Waals surface area contributed by atoms with Crippen LogP contribution in [0, 0.1) is 0 Å². The van der Waals surface area contributed by atoms with Gasteiger partial charge in [0.2, 0.25) is 0 Å². The van der Waals surface area contributed by atoms with E-state index >= 15 is 0 Å². The van der Waals surface area contributed by atoms with E-state index in [0.717, 1.165) is 0 Å². The highest BCUT2D eigenvalue weighted by Crippen LogP contribution is 2.02. The second-order valence-corrected chi connectivity index (χ2v) is 2.76. The van der Waals surface area contributed by atoms with E-state index in [1.54, 1.807) is 6.92 Å². The van der Waals surface area contributed by atoms with Crippen molar-refractivity contribution in [3.8, 4) is 0 Å². The molecule has 0 spiro atoms. The number of carbonyl (C=O) groups is 2. The number of ether oxygens (including phenoxy) is 4. The summed E-state index contributed by atoms with van der Waals surface area (Å²) >= 11 is 0. The smallest absolute Gasteiger partial charge is 0.462 e. The Kier molecular flexibility index (Phi) is 4.18. The molecule has 80 valence electrons. The van der Waals surface area contributed by atoms with Gasteiger partial charge in [0.1, 0.15) is 25.9 Å². The fourth-order valence-corrected chi connectivity index (χ4v) is 0.829. The average Bonchev–Trinajstić information content (AvgIpc) is 2.52. The van der Waals surface area contributed by atoms with Crippen LogP contribution in [-0.4, -0.2) is 44.7 Å². The van der Waals surface area contributed by atoms with Crippen molar-refractivity contribution in [2.45, 2.75) is 13.0 Å². The molecule has 6 heteroatoms. The normalized spacial score (nSPS) is 25.4. The van der Waals surface area contributed by atoms with Gasteiger partial charge >= 0.3 is 12.1 Å². The second-order valence-electron chi connectivity index (χ2n) is 2.76. The molecule has 0 aliphatic carbocycles. The van der Waals surface area contributed by atoms with Gasteiger partial charge in [0.25, 0.3) is 0 Å². The molecule has 6 nitrogen and oxygen atoms in total. The molecular weight excluding hydrogens is 192 g/mol. The van der Waals surface area contributed by atoms with Crippen LogP contribution in [0.2, 0.25) is 0 Å². The molecule has 2 aliphatic heterocycles. The molecular formula is C8H12O6. The third-order valence-corrected chi connectivity index (χ3v) is 1.44. The highest BCUT2D eigenvalue weighted by Gasteiger charge is 2.19. The van der Waals surface area contributed by atoms with Gasteiger partial charge in [0, 0.05) is 0 Å². The van der Waals surface area contributed by atoms with Crippen LogP contribution in [0.25, 0.3) is 0 Å². The zero-order chi connectivity index (χ0) is 10.4. The molecule has 0 bridgehead atoms. The maximum absolute atomic E-state index is 10.1. The van der Waals surface area contributed by atoms with E-state index in [-0.39, 0.29) is 18.7 Å². The lowest BCUT2D eigenvalue weighted by atomic mass is 10.5. The fourth-order valence-electron chi connectivity index (χ4n) is 0.829. The van der Waals surface area contributed by atoms with Crippen molar-refractivity contribution in [3.05, 3.63) is 0 Å². The Morgan fingerprint density at radius 1 is 1.21 bits per heavy atom. The summed E-state index contributed by atoms with van der Waals surface area (Å²) < 4.78 is 18.1. The van der Waals surface area contributed by atoms with Gasteiger partial charge in [-0.15, -0.1) is 0 Å². The molecule has 0 aromatic carbocycles. The van der Waals surface area contributed by atoms with Gasteiger partial charge in [-0.3, -0.25) is 0 Å². The van der Waals surface area contributed by atoms with Crippen LogP contribution >= 0.6 is 0 Å². The van der Waals surface area contributed by atoms with Crippen molar-refractivity contribution in [1.29, 1.82) is 0 Å². The Labute approximate surface area is 81.1 Å². The van der Waals surface area contributed by atoms with Gasteiger partial charge in [-0.25, -0.2) is 9.59 Å². The van der Waals surface area contributed by atoms with Crippen LogP contribution in [0.1, 0.15) is 6.92 Å². The number of hydrogen-bond donors (Lipinski definition) is 0. The second kappa shape index (κ2) is 5.43. The van der Waals surface area contributed by atoms with Gasteiger partial charge in [-0.05, 0) is 6.92 Å². The van der Waals surface area contributed by atoms with E-state index in [4.69, 9.17) is 4.74 Å². The van der Waals surface area contributed by atoms with E-state index in [2.05, 4.69) is 14.2 Å². The molecule has 0 amide bonds. The van der Waals surface area contributed by atoms with Gasteiger partial charge in [-0.2, -0.15) is 0 Å². The minimum absolute atomic E-state index is 0.0486. The molecule has 0 radical (unpaired) electrons. The van der Waals surface area contributed by atoms with Crippen molar-refractivity contribution in [2.75, 3.05) is 26.4 Å². The van der Waals surface area contributed by atoms with E-state index in [9.17, 15) is 9.59 Å². The Morgan fingerprint density at radius 3 is 2.21 bits per heavy atom. The van der Waals surface area contributed by atoms with Gasteiger partial charge < -0.3 is 18.9 Å². The van der Waals surface area contributed by atoms with Gasteiger partial charge in [0.15, 0.2) is 0 Å². The highest BCUT2D eigenvalue weighted by molar-refractivity contribution is 5.71. The molecule has 14 heavy (non-hydrogen) atoms. The van der Waals surface area contributed by atoms with Crippen LogP contribution < -0.4 is 0 Å². The van der Waals surface area contributed by atoms with E-state index in [1.807, 2.05) is 0 Å². The standard InChI is InChI=1S/2C4H6O3/c1-3-2-6-4(5)7-3;5-4-3-6-1-2-7-4/h3H,2H2,1H3;1-3H2. The van der Waals surface area contributed by atoms with Crippen LogP contribution in [0.4, 0.5) is 4.79 Å². The monoisotopic (exact) mass is 204 g/mol. The van der Waals surface area contributed by atoms with Gasteiger partial charge in [-0.1, -0.05) is 0 Å². The van der Waals surface area contributed by atoms with Crippen molar-refractivity contribution >= 4 is 12.1 Å². The molecule has 1 unspecified atom stereocenters. The third kappa shape index (κ3) is 4.08. The molecule has 2 rings (SSSR count). The average molecular weight is 204 g/mol. The zero-order valence-electron chi connectivity index (χ0n) is 7.86. The summed E-state index contributed by atoms with van der Waals surface area (Å²) in [6.45, 7) is 3.27. The van der Waals surface area contributed by atoms with Crippen molar-refractivity contribution in [3.63, 3.8) is 0 Å². The van der Waals surface area contributed by atoms with Crippen molar-refractivity contribution in [2.24, 2.45) is 0 Å². The Morgan fingerprint density at radius 2 is 2.00 bits per heavy atom. The van der Waals surface area contributed by atoms with E-state index in [1.165, 1.54) is 0 Å². The Hall–Kier alpha value is -1.30. The Balaban J connectivity index is 0.000000140. The van der Waals surface area contributed by atoms with Crippen LogP contribution in [0.5, 0.6) is 0 Å². The molecule has 2 fully saturated rings. The predicted molar refractivity (Wildman–Crippen MR) is 43.7 cm³/mol. The topological polar surface area (TPSA) is 71.1 Å². The first-order valence-electron chi connectivity index (χ1n) is 4.25. The number of esters is 1. The molecule has 2 saturated heterocycles. The molecule has 2 aliphatic rings. The van der Waals surface area contributed by atoms with E-state index < -0.39 is 6.16 Å². The Bertz CT molecular complexity index is 198. The molecule has 0 saturated carbocycles. The molecule has 0 aromatic heterocycles. The summed E-state index contributed by atoms with van der Waals surface area (Å²) in [5, 5.41) is 0. The molecule has 1 atom stereocenters. The predicted octanol–water partition coefficient (Wildman–Crippen LogP) is 0.101. The lowest BCUT2D eigenvalue weighted by Gasteiger charge is -2.09. The maximum Gasteiger partial charge on any atom is 0.508 e. The number of hydrogen-bond acceptors (Lipinski definition) is 6. The van der Waals surface area contributed by atoms with E-state index in [0.29, 0.717) is 19.8 Å². The highest BCUT2D eigenvalue weighted by atomic mass is 16.8. The summed E-state index contributed by atoms with van der Waals surface area (Å²) in [4.78, 5) is 20.1. The van der Waals surface area contributed by atoms with Crippen LogP contribution in [0.15, 0.2) is 0 Å². The molecule has 0 N–H and O–H groups in total. The minimum atomic E-state index is -0.549. The fraction of sp³-hybridized carbons (Fsp3) is 0.750. The number of rotatable bonds is 0. The minimum Gasteiger partial charge on any atom is -0.462 e. The third-order valence-electron chi connectivity index (χ3n) is 1.44. The van der Waals surface area contributed by atoms with Crippen molar-refractivity contribution in [1.82, 2.24) is 0 Å².